The number of piperazine rings is 1. The number of carbonyl (C=O) groups is 1. The van der Waals surface area contributed by atoms with Gasteiger partial charge in [0.15, 0.2) is 6.54 Å². The lowest BCUT2D eigenvalue weighted by atomic mass is 9.99. The molecule has 0 bridgehead atoms. The van der Waals surface area contributed by atoms with Gasteiger partial charge in [0.25, 0.3) is 5.91 Å². The first-order chi connectivity index (χ1) is 12.7. The van der Waals surface area contributed by atoms with Crippen molar-refractivity contribution in [2.45, 2.75) is 44.9 Å². The predicted molar refractivity (Wildman–Crippen MR) is 107 cm³/mol. The summed E-state index contributed by atoms with van der Waals surface area (Å²) in [6, 6.07) is 7.27. The number of amides is 1. The van der Waals surface area contributed by atoms with Crippen molar-refractivity contribution in [1.29, 1.82) is 0 Å². The highest BCUT2D eigenvalue weighted by molar-refractivity contribution is 7.89. The molecule has 1 saturated heterocycles. The summed E-state index contributed by atoms with van der Waals surface area (Å²) in [5.74, 6) is 0.893. The van der Waals surface area contributed by atoms with E-state index >= 15 is 0 Å². The van der Waals surface area contributed by atoms with E-state index in [9.17, 15) is 13.2 Å². The van der Waals surface area contributed by atoms with E-state index in [1.54, 1.807) is 16.4 Å². The van der Waals surface area contributed by atoms with Crippen molar-refractivity contribution in [2.75, 3.05) is 39.3 Å². The van der Waals surface area contributed by atoms with Gasteiger partial charge in [0.1, 0.15) is 0 Å². The highest BCUT2D eigenvalue weighted by atomic mass is 32.2. The lowest BCUT2D eigenvalue weighted by molar-refractivity contribution is -0.895. The molecule has 0 aliphatic carbocycles. The minimum atomic E-state index is -3.47. The summed E-state index contributed by atoms with van der Waals surface area (Å²) < 4.78 is 27.3. The Hall–Kier alpha value is -1.44. The van der Waals surface area contributed by atoms with Gasteiger partial charge < -0.3 is 10.2 Å². The molecule has 1 aromatic rings. The fourth-order valence-corrected chi connectivity index (χ4v) is 4.62. The van der Waals surface area contributed by atoms with Crippen LogP contribution in [0.1, 0.15) is 45.6 Å². The zero-order valence-electron chi connectivity index (χ0n) is 17.0. The van der Waals surface area contributed by atoms with Crippen LogP contribution in [-0.4, -0.2) is 57.9 Å². The summed E-state index contributed by atoms with van der Waals surface area (Å²) in [6.45, 7) is 11.7. The SMILES string of the molecule is CC[C@H](C)c1ccc(S(=O)(=O)N2CC[NH+](CC(=O)NCC(C)C)CC2)cc1. The normalized spacial score (nSPS) is 17.8. The summed E-state index contributed by atoms with van der Waals surface area (Å²) in [6.07, 6.45) is 1.03. The zero-order valence-corrected chi connectivity index (χ0v) is 17.8. The Bertz CT molecular complexity index is 708. The average molecular weight is 397 g/mol. The molecule has 2 N–H and O–H groups in total. The van der Waals surface area contributed by atoms with Gasteiger partial charge in [-0.15, -0.1) is 0 Å². The number of sulfonamides is 1. The molecule has 6 nitrogen and oxygen atoms in total. The highest BCUT2D eigenvalue weighted by Crippen LogP contribution is 2.22. The standard InChI is InChI=1S/C20H33N3O3S/c1-5-17(4)18-6-8-19(9-7-18)27(25,26)23-12-10-22(11-13-23)15-20(24)21-14-16(2)3/h6-9,16-17H,5,10-15H2,1-4H3,(H,21,24)/p+1/t17-/m0/s1. The largest absolute Gasteiger partial charge is 0.351 e. The number of hydrogen-bond donors (Lipinski definition) is 2. The molecule has 0 saturated carbocycles. The summed E-state index contributed by atoms with van der Waals surface area (Å²) in [4.78, 5) is 13.5. The molecule has 1 heterocycles. The minimum Gasteiger partial charge on any atom is -0.351 e. The summed E-state index contributed by atoms with van der Waals surface area (Å²) >= 11 is 0. The Morgan fingerprint density at radius 1 is 1.15 bits per heavy atom. The van der Waals surface area contributed by atoms with E-state index in [1.807, 2.05) is 12.1 Å². The summed E-state index contributed by atoms with van der Waals surface area (Å²) in [5.41, 5.74) is 1.16. The van der Waals surface area contributed by atoms with E-state index in [0.717, 1.165) is 16.9 Å². The minimum absolute atomic E-state index is 0.0376. The van der Waals surface area contributed by atoms with Crippen LogP contribution in [0.4, 0.5) is 0 Å². The first-order valence-corrected chi connectivity index (χ1v) is 11.4. The van der Waals surface area contributed by atoms with Crippen molar-refractivity contribution >= 4 is 15.9 Å². The van der Waals surface area contributed by atoms with Crippen molar-refractivity contribution in [3.05, 3.63) is 29.8 Å². The van der Waals surface area contributed by atoms with Crippen LogP contribution in [0, 0.1) is 5.92 Å². The maximum absolute atomic E-state index is 12.9. The monoisotopic (exact) mass is 396 g/mol. The first kappa shape index (κ1) is 21.9. The van der Waals surface area contributed by atoms with Crippen LogP contribution in [0.2, 0.25) is 0 Å². The van der Waals surface area contributed by atoms with Crippen molar-refractivity contribution in [1.82, 2.24) is 9.62 Å². The van der Waals surface area contributed by atoms with E-state index in [-0.39, 0.29) is 5.91 Å². The zero-order chi connectivity index (χ0) is 20.0. The number of quaternary nitrogens is 1. The van der Waals surface area contributed by atoms with E-state index in [4.69, 9.17) is 0 Å². The number of rotatable bonds is 8. The van der Waals surface area contributed by atoms with Crippen LogP contribution >= 0.6 is 0 Å². The van der Waals surface area contributed by atoms with Gasteiger partial charge in [-0.2, -0.15) is 4.31 Å². The molecule has 1 amide bonds. The lowest BCUT2D eigenvalue weighted by Gasteiger charge is -2.31. The van der Waals surface area contributed by atoms with Crippen LogP contribution in [-0.2, 0) is 14.8 Å². The number of nitrogens with zero attached hydrogens (tertiary/aromatic N) is 1. The molecule has 1 aliphatic heterocycles. The predicted octanol–water partition coefficient (Wildman–Crippen LogP) is 0.862. The summed E-state index contributed by atoms with van der Waals surface area (Å²) in [5, 5.41) is 2.92. The number of hydrogen-bond acceptors (Lipinski definition) is 3. The lowest BCUT2D eigenvalue weighted by Crippen LogP contribution is -3.15. The highest BCUT2D eigenvalue weighted by Gasteiger charge is 2.31. The van der Waals surface area contributed by atoms with Crippen LogP contribution in [0.5, 0.6) is 0 Å². The Labute approximate surface area is 164 Å². The second-order valence-electron chi connectivity index (χ2n) is 7.91. The number of benzene rings is 1. The number of nitrogens with one attached hydrogen (secondary N) is 2. The van der Waals surface area contributed by atoms with Gasteiger partial charge in [-0.3, -0.25) is 4.79 Å². The second-order valence-corrected chi connectivity index (χ2v) is 9.85. The molecule has 1 fully saturated rings. The van der Waals surface area contributed by atoms with Gasteiger partial charge in [0, 0.05) is 6.54 Å². The number of carbonyl (C=O) groups excluding carboxylic acids is 1. The molecule has 1 aromatic carbocycles. The molecule has 0 spiro atoms. The molecule has 27 heavy (non-hydrogen) atoms. The molecule has 152 valence electrons. The van der Waals surface area contributed by atoms with Gasteiger partial charge in [-0.05, 0) is 36.0 Å². The third-order valence-electron chi connectivity index (χ3n) is 5.25. The van der Waals surface area contributed by atoms with Crippen molar-refractivity contribution in [3.63, 3.8) is 0 Å². The van der Waals surface area contributed by atoms with Gasteiger partial charge in [0.05, 0.1) is 31.1 Å². The van der Waals surface area contributed by atoms with Crippen LogP contribution < -0.4 is 10.2 Å². The smallest absolute Gasteiger partial charge is 0.275 e. The molecule has 1 aliphatic rings. The maximum Gasteiger partial charge on any atom is 0.275 e. The fraction of sp³-hybridized carbons (Fsp3) is 0.650. The van der Waals surface area contributed by atoms with Crippen LogP contribution in [0.3, 0.4) is 0 Å². The molecule has 0 radical (unpaired) electrons. The van der Waals surface area contributed by atoms with Gasteiger partial charge in [0.2, 0.25) is 10.0 Å². The molecule has 1 atom stereocenters. The molecule has 0 aromatic heterocycles. The molecule has 0 unspecified atom stereocenters. The van der Waals surface area contributed by atoms with Gasteiger partial charge in [-0.25, -0.2) is 8.42 Å². The van der Waals surface area contributed by atoms with Crippen molar-refractivity contribution in [3.8, 4) is 0 Å². The van der Waals surface area contributed by atoms with E-state index in [2.05, 4.69) is 33.0 Å². The Morgan fingerprint density at radius 2 is 1.74 bits per heavy atom. The summed E-state index contributed by atoms with van der Waals surface area (Å²) in [7, 11) is -3.47. The third-order valence-corrected chi connectivity index (χ3v) is 7.16. The topological polar surface area (TPSA) is 70.9 Å². The molecular formula is C20H34N3O3S+. The second kappa shape index (κ2) is 9.66. The maximum atomic E-state index is 12.9. The quantitative estimate of drug-likeness (QED) is 0.685. The van der Waals surface area contributed by atoms with Crippen molar-refractivity contribution in [2.24, 2.45) is 5.92 Å². The van der Waals surface area contributed by atoms with Crippen molar-refractivity contribution < 1.29 is 18.1 Å². The molecular weight excluding hydrogens is 362 g/mol. The van der Waals surface area contributed by atoms with Gasteiger partial charge >= 0.3 is 0 Å². The van der Waals surface area contributed by atoms with Gasteiger partial charge in [-0.1, -0.05) is 39.8 Å². The third kappa shape index (κ3) is 6.02. The Kier molecular flexibility index (Phi) is 7.82. The van der Waals surface area contributed by atoms with E-state index in [1.165, 1.54) is 0 Å². The Balaban J connectivity index is 1.91. The molecule has 2 rings (SSSR count). The molecule has 7 heteroatoms. The van der Waals surface area contributed by atoms with E-state index < -0.39 is 10.0 Å². The van der Waals surface area contributed by atoms with E-state index in [0.29, 0.717) is 56.0 Å². The fourth-order valence-electron chi connectivity index (χ4n) is 3.18. The Morgan fingerprint density at radius 3 is 2.26 bits per heavy atom. The van der Waals surface area contributed by atoms with Crippen LogP contribution in [0.25, 0.3) is 0 Å². The van der Waals surface area contributed by atoms with Crippen LogP contribution in [0.15, 0.2) is 29.2 Å². The first-order valence-electron chi connectivity index (χ1n) is 9.94. The average Bonchev–Trinajstić information content (AvgIpc) is 2.66.